The van der Waals surface area contributed by atoms with Crippen LogP contribution in [-0.4, -0.2) is 61.1 Å². The summed E-state index contributed by atoms with van der Waals surface area (Å²) in [6, 6.07) is 0. The fourth-order valence-electron chi connectivity index (χ4n) is 2.22. The van der Waals surface area contributed by atoms with Crippen molar-refractivity contribution in [1.29, 1.82) is 0 Å². The second kappa shape index (κ2) is 6.50. The summed E-state index contributed by atoms with van der Waals surface area (Å²) in [5.74, 6) is 0.247. The summed E-state index contributed by atoms with van der Waals surface area (Å²) in [5, 5.41) is 0. The van der Waals surface area contributed by atoms with Gasteiger partial charge < -0.3 is 14.5 Å². The summed E-state index contributed by atoms with van der Waals surface area (Å²) in [6.45, 7) is 7.08. The van der Waals surface area contributed by atoms with Crippen LogP contribution in [0.5, 0.6) is 0 Å². The van der Waals surface area contributed by atoms with Crippen LogP contribution in [0.25, 0.3) is 0 Å². The van der Waals surface area contributed by atoms with E-state index in [2.05, 4.69) is 0 Å². The van der Waals surface area contributed by atoms with Crippen LogP contribution in [0.15, 0.2) is 0 Å². The second-order valence-corrected chi connectivity index (χ2v) is 6.19. The predicted octanol–water partition coefficient (Wildman–Crippen LogP) is 2.44. The van der Waals surface area contributed by atoms with Gasteiger partial charge in [-0.05, 0) is 40.2 Å². The van der Waals surface area contributed by atoms with Crippen LogP contribution in [0, 0.1) is 5.92 Å². The molecule has 0 bridgehead atoms. The molecule has 0 radical (unpaired) electrons. The van der Waals surface area contributed by atoms with E-state index in [1.807, 2.05) is 20.8 Å². The van der Waals surface area contributed by atoms with Crippen molar-refractivity contribution in [3.8, 4) is 0 Å². The normalized spacial score (nSPS) is 20.4. The van der Waals surface area contributed by atoms with Gasteiger partial charge in [-0.3, -0.25) is 0 Å². The maximum Gasteiger partial charge on any atom is 0.410 e. The number of amides is 1. The molecule has 1 aliphatic rings. The smallest absolute Gasteiger partial charge is 0.410 e. The van der Waals surface area contributed by atoms with Gasteiger partial charge in [-0.15, -0.1) is 0 Å². The lowest BCUT2D eigenvalue weighted by Crippen LogP contribution is -2.36. The zero-order chi connectivity index (χ0) is 14.6. The summed E-state index contributed by atoms with van der Waals surface area (Å²) in [4.78, 5) is 15.1. The molecule has 1 atom stereocenters. The van der Waals surface area contributed by atoms with Crippen LogP contribution in [0.2, 0.25) is 0 Å². The molecular weight excluding hydrogens is 254 g/mol. The Hall–Kier alpha value is -0.910. The number of halogens is 2. The topological polar surface area (TPSA) is 32.8 Å². The molecule has 0 spiro atoms. The summed E-state index contributed by atoms with van der Waals surface area (Å²) >= 11 is 0. The van der Waals surface area contributed by atoms with Gasteiger partial charge in [-0.1, -0.05) is 0 Å². The number of hydrogen-bond donors (Lipinski definition) is 0. The molecule has 0 saturated carbocycles. The van der Waals surface area contributed by atoms with Gasteiger partial charge in [0.2, 0.25) is 0 Å². The van der Waals surface area contributed by atoms with Crippen LogP contribution in [0.4, 0.5) is 13.6 Å². The van der Waals surface area contributed by atoms with Crippen LogP contribution < -0.4 is 0 Å². The molecule has 1 heterocycles. The fourth-order valence-corrected chi connectivity index (χ4v) is 2.22. The predicted molar refractivity (Wildman–Crippen MR) is 69.4 cm³/mol. The molecule has 4 nitrogen and oxygen atoms in total. The molecule has 19 heavy (non-hydrogen) atoms. The average Bonchev–Trinajstić information content (AvgIpc) is 2.61. The highest BCUT2D eigenvalue weighted by Crippen LogP contribution is 2.20. The van der Waals surface area contributed by atoms with E-state index in [0.29, 0.717) is 19.6 Å². The minimum atomic E-state index is -2.31. The summed E-state index contributed by atoms with van der Waals surface area (Å²) in [6.07, 6.45) is -1.79. The van der Waals surface area contributed by atoms with Gasteiger partial charge in [0.05, 0.1) is 6.54 Å². The molecule has 1 unspecified atom stereocenters. The zero-order valence-corrected chi connectivity index (χ0v) is 12.2. The number of alkyl halides is 2. The molecule has 0 aromatic carbocycles. The summed E-state index contributed by atoms with van der Waals surface area (Å²) in [5.41, 5.74) is -0.498. The third kappa shape index (κ3) is 6.18. The Labute approximate surface area is 113 Å². The highest BCUT2D eigenvalue weighted by Gasteiger charge is 2.30. The third-order valence-corrected chi connectivity index (χ3v) is 2.96. The first-order chi connectivity index (χ1) is 8.67. The van der Waals surface area contributed by atoms with Crippen LogP contribution in [0.3, 0.4) is 0 Å². The molecule has 1 saturated heterocycles. The van der Waals surface area contributed by atoms with Gasteiger partial charge >= 0.3 is 6.09 Å². The van der Waals surface area contributed by atoms with Gasteiger partial charge in [-0.2, -0.15) is 0 Å². The molecule has 112 valence electrons. The Morgan fingerprint density at radius 2 is 2.11 bits per heavy atom. The van der Waals surface area contributed by atoms with E-state index in [-0.39, 0.29) is 18.6 Å². The number of rotatable bonds is 4. The van der Waals surface area contributed by atoms with Gasteiger partial charge in [-0.25, -0.2) is 13.6 Å². The first-order valence-corrected chi connectivity index (χ1v) is 6.62. The Balaban J connectivity index is 2.35. The monoisotopic (exact) mass is 278 g/mol. The lowest BCUT2D eigenvalue weighted by Gasteiger charge is -2.25. The standard InChI is InChI=1S/C13H24F2N2O2/c1-13(2,3)19-12(18)17-6-5-10(8-17)7-16(4)9-11(14)15/h10-11H,5-9H2,1-4H3. The Bertz CT molecular complexity index is 306. The average molecular weight is 278 g/mol. The third-order valence-electron chi connectivity index (χ3n) is 2.96. The summed E-state index contributed by atoms with van der Waals surface area (Å²) < 4.78 is 29.7. The highest BCUT2D eigenvalue weighted by molar-refractivity contribution is 5.68. The molecule has 6 heteroatoms. The highest BCUT2D eigenvalue weighted by atomic mass is 19.3. The number of hydrogen-bond acceptors (Lipinski definition) is 3. The van der Waals surface area contributed by atoms with E-state index in [1.165, 1.54) is 0 Å². The molecule has 1 fully saturated rings. The molecule has 1 aliphatic heterocycles. The quantitative estimate of drug-likeness (QED) is 0.792. The van der Waals surface area contributed by atoms with Gasteiger partial charge in [0.15, 0.2) is 0 Å². The largest absolute Gasteiger partial charge is 0.444 e. The maximum atomic E-state index is 12.2. The van der Waals surface area contributed by atoms with Crippen molar-refractivity contribution in [2.45, 2.75) is 39.2 Å². The summed E-state index contributed by atoms with van der Waals surface area (Å²) in [7, 11) is 1.68. The van der Waals surface area contributed by atoms with Crippen molar-refractivity contribution >= 4 is 6.09 Å². The molecule has 0 aliphatic carbocycles. The van der Waals surface area contributed by atoms with Gasteiger partial charge in [0, 0.05) is 19.6 Å². The molecule has 1 rings (SSSR count). The van der Waals surface area contributed by atoms with Gasteiger partial charge in [0.25, 0.3) is 6.43 Å². The molecule has 1 amide bonds. The van der Waals surface area contributed by atoms with Crippen molar-refractivity contribution in [3.63, 3.8) is 0 Å². The van der Waals surface area contributed by atoms with E-state index in [0.717, 1.165) is 6.42 Å². The first kappa shape index (κ1) is 16.1. The number of likely N-dealkylation sites (tertiary alicyclic amines) is 1. The van der Waals surface area contributed by atoms with E-state index in [9.17, 15) is 13.6 Å². The Morgan fingerprint density at radius 1 is 1.47 bits per heavy atom. The zero-order valence-electron chi connectivity index (χ0n) is 12.2. The number of nitrogens with zero attached hydrogens (tertiary/aromatic N) is 2. The Kier molecular flexibility index (Phi) is 5.52. The van der Waals surface area contributed by atoms with E-state index in [4.69, 9.17) is 4.74 Å². The SMILES string of the molecule is CN(CC(F)F)CC1CCN(C(=O)OC(C)(C)C)C1. The van der Waals surface area contributed by atoms with E-state index < -0.39 is 12.0 Å². The van der Waals surface area contributed by atoms with Crippen molar-refractivity contribution in [1.82, 2.24) is 9.80 Å². The lowest BCUT2D eigenvalue weighted by atomic mass is 10.1. The molecule has 0 aromatic rings. The maximum absolute atomic E-state index is 12.2. The van der Waals surface area contributed by atoms with Crippen molar-refractivity contribution in [3.05, 3.63) is 0 Å². The van der Waals surface area contributed by atoms with Crippen molar-refractivity contribution in [2.75, 3.05) is 33.2 Å². The van der Waals surface area contributed by atoms with E-state index >= 15 is 0 Å². The molecule has 0 N–H and O–H groups in total. The van der Waals surface area contributed by atoms with Crippen molar-refractivity contribution in [2.24, 2.45) is 5.92 Å². The number of carbonyl (C=O) groups is 1. The number of carbonyl (C=O) groups excluding carboxylic acids is 1. The van der Waals surface area contributed by atoms with Crippen LogP contribution in [0.1, 0.15) is 27.2 Å². The minimum Gasteiger partial charge on any atom is -0.444 e. The van der Waals surface area contributed by atoms with Gasteiger partial charge in [0.1, 0.15) is 5.60 Å². The molecular formula is C13H24F2N2O2. The Morgan fingerprint density at radius 3 is 2.63 bits per heavy atom. The first-order valence-electron chi connectivity index (χ1n) is 6.62. The van der Waals surface area contributed by atoms with E-state index in [1.54, 1.807) is 16.8 Å². The molecule has 0 aromatic heterocycles. The van der Waals surface area contributed by atoms with Crippen molar-refractivity contribution < 1.29 is 18.3 Å². The van der Waals surface area contributed by atoms with Crippen LogP contribution in [-0.2, 0) is 4.74 Å². The lowest BCUT2D eigenvalue weighted by molar-refractivity contribution is 0.0282. The van der Waals surface area contributed by atoms with Crippen LogP contribution >= 0.6 is 0 Å². The fraction of sp³-hybridized carbons (Fsp3) is 0.923. The minimum absolute atomic E-state index is 0.219. The second-order valence-electron chi connectivity index (χ2n) is 6.19. The number of ether oxygens (including phenoxy) is 1.